The zero-order valence-corrected chi connectivity index (χ0v) is 26.5. The quantitative estimate of drug-likeness (QED) is 0.146. The molecular formula is C34H38N4O9. The lowest BCUT2D eigenvalue weighted by Gasteiger charge is -2.25. The van der Waals surface area contributed by atoms with Crippen LogP contribution in [0.25, 0.3) is 0 Å². The minimum atomic E-state index is -1.06. The number of nitrogens with one attached hydrogen (secondary N) is 4. The lowest BCUT2D eigenvalue weighted by Crippen LogP contribution is -2.57. The number of hydrogen-bond acceptors (Lipinski definition) is 9. The molecule has 47 heavy (non-hydrogen) atoms. The highest BCUT2D eigenvalue weighted by atomic mass is 16.5. The maximum Gasteiger partial charge on any atom is 0.337 e. The van der Waals surface area contributed by atoms with Gasteiger partial charge < -0.3 is 40.6 Å². The molecule has 0 aromatic heterocycles. The third-order valence-electron chi connectivity index (χ3n) is 7.36. The van der Waals surface area contributed by atoms with E-state index in [-0.39, 0.29) is 42.6 Å². The van der Waals surface area contributed by atoms with Crippen LogP contribution in [0.15, 0.2) is 66.7 Å². The van der Waals surface area contributed by atoms with Gasteiger partial charge in [0.1, 0.15) is 47.7 Å². The van der Waals surface area contributed by atoms with E-state index in [4.69, 9.17) is 14.2 Å². The van der Waals surface area contributed by atoms with Gasteiger partial charge in [0.15, 0.2) is 0 Å². The van der Waals surface area contributed by atoms with Crippen LogP contribution < -0.4 is 30.7 Å². The van der Waals surface area contributed by atoms with Gasteiger partial charge in [-0.05, 0) is 66.9 Å². The molecule has 3 atom stereocenters. The Balaban J connectivity index is 1.52. The van der Waals surface area contributed by atoms with Crippen LogP contribution in [0.5, 0.6) is 23.0 Å². The van der Waals surface area contributed by atoms with Gasteiger partial charge in [0.25, 0.3) is 5.91 Å². The van der Waals surface area contributed by atoms with Crippen molar-refractivity contribution in [1.29, 1.82) is 0 Å². The largest absolute Gasteiger partial charge is 0.507 e. The van der Waals surface area contributed by atoms with Crippen molar-refractivity contribution < 1.29 is 43.3 Å². The molecule has 2 aliphatic heterocycles. The Labute approximate surface area is 272 Å². The third-order valence-corrected chi connectivity index (χ3v) is 7.36. The van der Waals surface area contributed by atoms with Crippen molar-refractivity contribution in [2.75, 3.05) is 20.3 Å². The second kappa shape index (κ2) is 15.6. The van der Waals surface area contributed by atoms with E-state index in [1.165, 1.54) is 38.3 Å². The van der Waals surface area contributed by atoms with E-state index in [0.717, 1.165) is 0 Å². The Bertz CT molecular complexity index is 1620. The van der Waals surface area contributed by atoms with E-state index in [0.29, 0.717) is 22.6 Å². The van der Waals surface area contributed by atoms with Crippen LogP contribution in [0.4, 0.5) is 0 Å². The van der Waals surface area contributed by atoms with Gasteiger partial charge in [-0.25, -0.2) is 4.79 Å². The summed E-state index contributed by atoms with van der Waals surface area (Å²) in [5.41, 5.74) is 0.942. The number of aromatic hydroxyl groups is 1. The summed E-state index contributed by atoms with van der Waals surface area (Å²) >= 11 is 0. The van der Waals surface area contributed by atoms with Crippen LogP contribution in [0.2, 0.25) is 0 Å². The van der Waals surface area contributed by atoms with Crippen LogP contribution in [0, 0.1) is 5.92 Å². The fraction of sp³-hybridized carbons (Fsp3) is 0.324. The number of ether oxygens (including phenoxy) is 3. The molecule has 0 saturated carbocycles. The second-order valence-corrected chi connectivity index (χ2v) is 11.3. The smallest absolute Gasteiger partial charge is 0.337 e. The highest BCUT2D eigenvalue weighted by molar-refractivity contribution is 6.00. The molecular weight excluding hydrogens is 608 g/mol. The molecule has 4 amide bonds. The molecule has 0 fully saturated rings. The molecule has 2 aliphatic rings. The van der Waals surface area contributed by atoms with E-state index in [2.05, 4.69) is 21.3 Å². The number of benzene rings is 3. The molecule has 5 rings (SSSR count). The number of rotatable bonds is 7. The first-order valence-corrected chi connectivity index (χ1v) is 15.1. The summed E-state index contributed by atoms with van der Waals surface area (Å²) in [6.45, 7) is 5.10. The minimum Gasteiger partial charge on any atom is -0.507 e. The molecule has 3 aromatic carbocycles. The number of carbonyl (C=O) groups excluding carboxylic acids is 5. The van der Waals surface area contributed by atoms with E-state index in [9.17, 15) is 29.1 Å². The Kier molecular flexibility index (Phi) is 11.4. The van der Waals surface area contributed by atoms with Crippen LogP contribution in [0.1, 0.15) is 47.1 Å². The summed E-state index contributed by atoms with van der Waals surface area (Å²) in [4.78, 5) is 64.7. The number of methoxy groups -OCH3 is 1. The normalized spacial score (nSPS) is 18.5. The van der Waals surface area contributed by atoms with Gasteiger partial charge in [-0.3, -0.25) is 19.2 Å². The molecule has 4 bridgehead atoms. The maximum atomic E-state index is 13.3. The zero-order chi connectivity index (χ0) is 34.1. The van der Waals surface area contributed by atoms with Crippen molar-refractivity contribution in [3.63, 3.8) is 0 Å². The molecule has 13 heteroatoms. The number of carbonyl (C=O) groups is 5. The molecule has 0 aliphatic carbocycles. The second-order valence-electron chi connectivity index (χ2n) is 11.3. The number of esters is 1. The summed E-state index contributed by atoms with van der Waals surface area (Å²) in [5, 5.41) is 21.1. The van der Waals surface area contributed by atoms with Gasteiger partial charge >= 0.3 is 5.97 Å². The Hall–Kier alpha value is -5.59. The molecule has 0 unspecified atom stereocenters. The molecule has 5 N–H and O–H groups in total. The predicted molar refractivity (Wildman–Crippen MR) is 170 cm³/mol. The molecule has 0 spiro atoms. The Morgan fingerprint density at radius 3 is 2.38 bits per heavy atom. The summed E-state index contributed by atoms with van der Waals surface area (Å²) < 4.78 is 16.3. The maximum absolute atomic E-state index is 13.3. The van der Waals surface area contributed by atoms with Gasteiger partial charge in [0, 0.05) is 6.42 Å². The minimum absolute atomic E-state index is 0.0802. The Morgan fingerprint density at radius 2 is 1.68 bits per heavy atom. The first-order chi connectivity index (χ1) is 22.4. The number of amides is 4. The number of hydrogen-bond donors (Lipinski definition) is 5. The van der Waals surface area contributed by atoms with E-state index < -0.39 is 47.7 Å². The third kappa shape index (κ3) is 9.22. The molecule has 3 aromatic rings. The molecule has 0 radical (unpaired) electrons. The average molecular weight is 647 g/mol. The number of phenols is 1. The lowest BCUT2D eigenvalue weighted by atomic mass is 10.0. The number of fused-ring (bicyclic) bond motifs is 11. The van der Waals surface area contributed by atoms with Crippen molar-refractivity contribution in [3.05, 3.63) is 83.4 Å². The summed E-state index contributed by atoms with van der Waals surface area (Å²) in [6.07, 6.45) is 0.120. The lowest BCUT2D eigenvalue weighted by molar-refractivity contribution is -0.132. The zero-order valence-electron chi connectivity index (χ0n) is 26.5. The van der Waals surface area contributed by atoms with E-state index in [1.807, 2.05) is 0 Å². The van der Waals surface area contributed by atoms with E-state index in [1.54, 1.807) is 56.3 Å². The predicted octanol–water partition coefficient (Wildman–Crippen LogP) is 2.47. The van der Waals surface area contributed by atoms with Gasteiger partial charge in [-0.2, -0.15) is 0 Å². The van der Waals surface area contributed by atoms with Crippen molar-refractivity contribution in [1.82, 2.24) is 21.3 Å². The monoisotopic (exact) mass is 646 g/mol. The molecule has 248 valence electrons. The van der Waals surface area contributed by atoms with Gasteiger partial charge in [-0.15, -0.1) is 0 Å². The first kappa shape index (κ1) is 34.3. The van der Waals surface area contributed by atoms with E-state index >= 15 is 0 Å². The average Bonchev–Trinajstić information content (AvgIpc) is 3.05. The fourth-order valence-corrected chi connectivity index (χ4v) is 4.75. The summed E-state index contributed by atoms with van der Waals surface area (Å²) in [5.74, 6) is -2.46. The summed E-state index contributed by atoms with van der Waals surface area (Å²) in [6, 6.07) is 14.3. The van der Waals surface area contributed by atoms with Crippen molar-refractivity contribution in [3.8, 4) is 23.0 Å². The van der Waals surface area contributed by atoms with Gasteiger partial charge in [0.05, 0.1) is 24.8 Å². The first-order valence-electron chi connectivity index (χ1n) is 15.1. The van der Waals surface area contributed by atoms with Crippen molar-refractivity contribution >= 4 is 29.6 Å². The molecule has 2 heterocycles. The fourth-order valence-electron chi connectivity index (χ4n) is 4.75. The Morgan fingerprint density at radius 1 is 0.957 bits per heavy atom. The molecule has 0 saturated heterocycles. The van der Waals surface area contributed by atoms with Gasteiger partial charge in [-0.1, -0.05) is 32.0 Å². The van der Waals surface area contributed by atoms with Crippen molar-refractivity contribution in [2.24, 2.45) is 5.92 Å². The van der Waals surface area contributed by atoms with Crippen LogP contribution in [-0.2, 0) is 25.5 Å². The highest BCUT2D eigenvalue weighted by Gasteiger charge is 2.30. The van der Waals surface area contributed by atoms with Crippen LogP contribution in [-0.4, -0.2) is 73.1 Å². The van der Waals surface area contributed by atoms with Crippen LogP contribution in [0.3, 0.4) is 0 Å². The molecule has 13 nitrogen and oxygen atoms in total. The highest BCUT2D eigenvalue weighted by Crippen LogP contribution is 2.28. The standard InChI is InChI=1S/C34H38N4O9/c1-19(2)29-33(43)36-20(3)30(40)37-27(32(42)35-14-15-46-24-7-5-6-22(17-24)34(44)45-4)16-21-8-10-23(11-9-21)47-25-12-13-28(39)26(18-25)31(41)38-29/h5-13,17-20,27,29,39H,14-16H2,1-4H3,(H,35,42)(H,36,43)(H,37,40)(H,38,41)/t20-,27-,29-/m0/s1. The number of phenolic OH excluding ortho intramolecular Hbond substituents is 1. The SMILES string of the molecule is COC(=O)c1cccc(OCCNC(=O)[C@@H]2Cc3ccc(cc3)Oc3ccc(O)c(c3)C(=O)N[C@@H](C(C)C)C(=O)N[C@@H](C)C(=O)N2)c1. The van der Waals surface area contributed by atoms with Crippen molar-refractivity contribution in [2.45, 2.75) is 45.3 Å². The van der Waals surface area contributed by atoms with Crippen LogP contribution >= 0.6 is 0 Å². The topological polar surface area (TPSA) is 181 Å². The summed E-state index contributed by atoms with van der Waals surface area (Å²) in [7, 11) is 1.28. The van der Waals surface area contributed by atoms with Gasteiger partial charge in [0.2, 0.25) is 17.7 Å².